The van der Waals surface area contributed by atoms with Crippen molar-refractivity contribution in [3.8, 4) is 0 Å². The van der Waals surface area contributed by atoms with Crippen LogP contribution in [0, 0.1) is 0 Å². The molecule has 0 bridgehead atoms. The fourth-order valence-electron chi connectivity index (χ4n) is 0.447. The van der Waals surface area contributed by atoms with Crippen LogP contribution in [0.2, 0.25) is 0 Å². The van der Waals surface area contributed by atoms with Gasteiger partial charge in [0, 0.05) is 6.04 Å². The highest BCUT2D eigenvalue weighted by Crippen LogP contribution is 1.92. The van der Waals surface area contributed by atoms with Crippen LogP contribution in [0.4, 0.5) is 0 Å². The Morgan fingerprint density at radius 1 is 1.33 bits per heavy atom. The standard InChI is InChI=1S/C8H15NO.C2H6/c1-7(9(3)4)5-6-8(2)10;1-2/h5-7H,1-4H3;1-2H3/b6-5+;. The Hall–Kier alpha value is -0.630. The molecule has 1 unspecified atom stereocenters. The predicted octanol–water partition coefficient (Wildman–Crippen LogP) is 2.11. The molecular formula is C10H21NO. The van der Waals surface area contributed by atoms with E-state index in [1.807, 2.05) is 45.8 Å². The van der Waals surface area contributed by atoms with Crippen molar-refractivity contribution in [2.24, 2.45) is 0 Å². The number of nitrogens with zero attached hydrogens (tertiary/aromatic N) is 1. The number of carbonyl (C=O) groups is 1. The van der Waals surface area contributed by atoms with E-state index in [2.05, 4.69) is 0 Å². The van der Waals surface area contributed by atoms with Gasteiger partial charge in [0.1, 0.15) is 0 Å². The van der Waals surface area contributed by atoms with Crippen molar-refractivity contribution >= 4 is 5.78 Å². The molecule has 0 aromatic rings. The molecule has 0 radical (unpaired) electrons. The fourth-order valence-corrected chi connectivity index (χ4v) is 0.447. The van der Waals surface area contributed by atoms with Crippen LogP contribution in [0.3, 0.4) is 0 Å². The molecule has 0 amide bonds. The van der Waals surface area contributed by atoms with Crippen molar-refractivity contribution in [2.75, 3.05) is 14.1 Å². The molecule has 0 saturated carbocycles. The lowest BCUT2D eigenvalue weighted by atomic mass is 10.2. The van der Waals surface area contributed by atoms with Crippen LogP contribution in [0.15, 0.2) is 12.2 Å². The molecule has 1 atom stereocenters. The van der Waals surface area contributed by atoms with Gasteiger partial charge in [0.15, 0.2) is 5.78 Å². The maximum Gasteiger partial charge on any atom is 0.152 e. The smallest absolute Gasteiger partial charge is 0.152 e. The summed E-state index contributed by atoms with van der Waals surface area (Å²) in [5.41, 5.74) is 0. The normalized spacial score (nSPS) is 12.6. The molecule has 0 saturated heterocycles. The number of ketones is 1. The van der Waals surface area contributed by atoms with Gasteiger partial charge in [-0.2, -0.15) is 0 Å². The average Bonchev–Trinajstić information content (AvgIpc) is 2.03. The predicted molar refractivity (Wildman–Crippen MR) is 54.3 cm³/mol. The van der Waals surface area contributed by atoms with E-state index in [-0.39, 0.29) is 5.78 Å². The Morgan fingerprint density at radius 2 is 1.75 bits per heavy atom. The summed E-state index contributed by atoms with van der Waals surface area (Å²) < 4.78 is 0. The van der Waals surface area contributed by atoms with Crippen LogP contribution < -0.4 is 0 Å². The maximum atomic E-state index is 10.5. The van der Waals surface area contributed by atoms with Gasteiger partial charge in [-0.15, -0.1) is 0 Å². The summed E-state index contributed by atoms with van der Waals surface area (Å²) in [6.07, 6.45) is 3.49. The maximum absolute atomic E-state index is 10.5. The quantitative estimate of drug-likeness (QED) is 0.606. The lowest BCUT2D eigenvalue weighted by Gasteiger charge is -2.14. The molecule has 2 heteroatoms. The third kappa shape index (κ3) is 9.37. The minimum Gasteiger partial charge on any atom is -0.303 e. The highest BCUT2D eigenvalue weighted by Gasteiger charge is 1.97. The summed E-state index contributed by atoms with van der Waals surface area (Å²) in [5.74, 6) is 0.105. The summed E-state index contributed by atoms with van der Waals surface area (Å²) >= 11 is 0. The first-order valence-corrected chi connectivity index (χ1v) is 4.39. The van der Waals surface area contributed by atoms with E-state index in [4.69, 9.17) is 0 Å². The van der Waals surface area contributed by atoms with Gasteiger partial charge in [-0.25, -0.2) is 0 Å². The number of carbonyl (C=O) groups excluding carboxylic acids is 1. The second-order valence-electron chi connectivity index (χ2n) is 2.67. The van der Waals surface area contributed by atoms with Crippen LogP contribution in [-0.4, -0.2) is 30.8 Å². The largest absolute Gasteiger partial charge is 0.303 e. The van der Waals surface area contributed by atoms with Gasteiger partial charge in [-0.1, -0.05) is 19.9 Å². The molecule has 0 aromatic heterocycles. The Bertz CT molecular complexity index is 139. The van der Waals surface area contributed by atoms with Gasteiger partial charge in [0.25, 0.3) is 0 Å². The van der Waals surface area contributed by atoms with E-state index in [9.17, 15) is 4.79 Å². The molecule has 0 aliphatic heterocycles. The molecule has 0 aromatic carbocycles. The Kier molecular flexibility index (Phi) is 9.83. The van der Waals surface area contributed by atoms with Crippen molar-refractivity contribution in [2.45, 2.75) is 33.7 Å². The summed E-state index contributed by atoms with van der Waals surface area (Å²) in [5, 5.41) is 0. The van der Waals surface area contributed by atoms with Crippen molar-refractivity contribution < 1.29 is 4.79 Å². The second kappa shape index (κ2) is 8.47. The molecule has 12 heavy (non-hydrogen) atoms. The minimum absolute atomic E-state index is 0.105. The van der Waals surface area contributed by atoms with Crippen LogP contribution in [-0.2, 0) is 4.79 Å². The molecule has 0 spiro atoms. The zero-order chi connectivity index (χ0) is 10.1. The molecule has 0 heterocycles. The Morgan fingerprint density at radius 3 is 2.00 bits per heavy atom. The molecule has 0 aliphatic carbocycles. The van der Waals surface area contributed by atoms with Crippen LogP contribution >= 0.6 is 0 Å². The minimum atomic E-state index is 0.105. The van der Waals surface area contributed by atoms with E-state index < -0.39 is 0 Å². The van der Waals surface area contributed by atoms with Gasteiger partial charge >= 0.3 is 0 Å². The highest BCUT2D eigenvalue weighted by atomic mass is 16.1. The summed E-state index contributed by atoms with van der Waals surface area (Å²) in [7, 11) is 3.96. The monoisotopic (exact) mass is 171 g/mol. The van der Waals surface area contributed by atoms with Gasteiger partial charge in [-0.3, -0.25) is 4.79 Å². The number of likely N-dealkylation sites (N-methyl/N-ethyl adjacent to an activating group) is 1. The summed E-state index contributed by atoms with van der Waals surface area (Å²) in [6.45, 7) is 7.60. The molecule has 0 rings (SSSR count). The molecule has 0 aliphatic rings. The van der Waals surface area contributed by atoms with Crippen molar-refractivity contribution in [3.63, 3.8) is 0 Å². The van der Waals surface area contributed by atoms with Crippen molar-refractivity contribution in [1.82, 2.24) is 4.90 Å². The zero-order valence-electron chi connectivity index (χ0n) is 9.09. The van der Waals surface area contributed by atoms with Gasteiger partial charge < -0.3 is 4.90 Å². The van der Waals surface area contributed by atoms with Gasteiger partial charge in [-0.05, 0) is 34.0 Å². The van der Waals surface area contributed by atoms with Crippen LogP contribution in [0.5, 0.6) is 0 Å². The van der Waals surface area contributed by atoms with Gasteiger partial charge in [0.05, 0.1) is 0 Å². The summed E-state index contributed by atoms with van der Waals surface area (Å²) in [4.78, 5) is 12.5. The van der Waals surface area contributed by atoms with Crippen LogP contribution in [0.25, 0.3) is 0 Å². The average molecular weight is 171 g/mol. The molecule has 0 N–H and O–H groups in total. The number of hydrogen-bond acceptors (Lipinski definition) is 2. The van der Waals surface area contributed by atoms with E-state index in [1.54, 1.807) is 13.0 Å². The zero-order valence-corrected chi connectivity index (χ0v) is 9.09. The number of allylic oxidation sites excluding steroid dienone is 1. The SMILES string of the molecule is CC.CC(=O)/C=C/C(C)N(C)C. The molecular weight excluding hydrogens is 150 g/mol. The topological polar surface area (TPSA) is 20.3 Å². The van der Waals surface area contributed by atoms with Crippen molar-refractivity contribution in [3.05, 3.63) is 12.2 Å². The van der Waals surface area contributed by atoms with Crippen LogP contribution in [0.1, 0.15) is 27.7 Å². The van der Waals surface area contributed by atoms with Crippen molar-refractivity contribution in [1.29, 1.82) is 0 Å². The van der Waals surface area contributed by atoms with E-state index in [0.29, 0.717) is 6.04 Å². The lowest BCUT2D eigenvalue weighted by Crippen LogP contribution is -2.22. The first-order valence-electron chi connectivity index (χ1n) is 4.39. The third-order valence-electron chi connectivity index (χ3n) is 1.42. The highest BCUT2D eigenvalue weighted by molar-refractivity contribution is 5.87. The number of rotatable bonds is 3. The van der Waals surface area contributed by atoms with Gasteiger partial charge in [0.2, 0.25) is 0 Å². The molecule has 2 nitrogen and oxygen atoms in total. The Labute approximate surface area is 76.3 Å². The molecule has 72 valence electrons. The lowest BCUT2D eigenvalue weighted by molar-refractivity contribution is -0.112. The number of hydrogen-bond donors (Lipinski definition) is 0. The third-order valence-corrected chi connectivity index (χ3v) is 1.42. The first-order chi connectivity index (χ1) is 5.54. The molecule has 0 fully saturated rings. The van der Waals surface area contributed by atoms with E-state index in [0.717, 1.165) is 0 Å². The first kappa shape index (κ1) is 13.9. The second-order valence-corrected chi connectivity index (χ2v) is 2.67. The Balaban J connectivity index is 0. The van der Waals surface area contributed by atoms with E-state index >= 15 is 0 Å². The van der Waals surface area contributed by atoms with E-state index in [1.165, 1.54) is 0 Å². The summed E-state index contributed by atoms with van der Waals surface area (Å²) in [6, 6.07) is 0.337. The fraction of sp³-hybridized carbons (Fsp3) is 0.700.